The van der Waals surface area contributed by atoms with Crippen molar-refractivity contribution in [2.24, 2.45) is 0 Å². The lowest BCUT2D eigenvalue weighted by Crippen LogP contribution is -2.32. The van der Waals surface area contributed by atoms with E-state index in [1.165, 1.54) is 4.57 Å². The second-order valence-corrected chi connectivity index (χ2v) is 4.16. The van der Waals surface area contributed by atoms with Crippen LogP contribution in [0.3, 0.4) is 0 Å². The molecule has 0 fully saturated rings. The third kappa shape index (κ3) is 2.83. The number of nitrogens with one attached hydrogen (secondary N) is 1. The van der Waals surface area contributed by atoms with Crippen molar-refractivity contribution < 1.29 is 9.21 Å². The Morgan fingerprint density at radius 1 is 1.53 bits per heavy atom. The molecule has 1 N–H and O–H groups in total. The minimum absolute atomic E-state index is 0.120. The highest BCUT2D eigenvalue weighted by atomic mass is 16.4. The number of hydrogen-bond donors (Lipinski definition) is 1. The first-order chi connectivity index (χ1) is 9.11. The molecule has 6 heteroatoms. The normalized spacial score (nSPS) is 12.0. The molecule has 0 unspecified atom stereocenters. The topological polar surface area (TPSA) is 88.0 Å². The van der Waals surface area contributed by atoms with Gasteiger partial charge in [0.25, 0.3) is 0 Å². The predicted octanol–water partition coefficient (Wildman–Crippen LogP) is 1.01. The number of para-hydroxylation sites is 2. The molecule has 0 bridgehead atoms. The molecule has 2 rings (SSSR count). The number of aromatic nitrogens is 1. The van der Waals surface area contributed by atoms with Gasteiger partial charge in [-0.1, -0.05) is 12.1 Å². The molecule has 0 spiro atoms. The fraction of sp³-hybridized carbons (Fsp3) is 0.308. The van der Waals surface area contributed by atoms with Crippen LogP contribution in [0.1, 0.15) is 13.3 Å². The summed E-state index contributed by atoms with van der Waals surface area (Å²) in [5.74, 6) is -0.756. The van der Waals surface area contributed by atoms with Crippen molar-refractivity contribution in [3.63, 3.8) is 0 Å². The molecular weight excluding hydrogens is 246 g/mol. The Labute approximate surface area is 109 Å². The van der Waals surface area contributed by atoms with E-state index >= 15 is 0 Å². The number of fused-ring (bicyclic) bond motifs is 1. The van der Waals surface area contributed by atoms with Crippen molar-refractivity contribution in [3.05, 3.63) is 34.8 Å². The van der Waals surface area contributed by atoms with Crippen molar-refractivity contribution in [2.75, 3.05) is 0 Å². The summed E-state index contributed by atoms with van der Waals surface area (Å²) in [4.78, 5) is 23.2. The molecule has 0 saturated heterocycles. The minimum atomic E-state index is -0.537. The summed E-state index contributed by atoms with van der Waals surface area (Å²) >= 11 is 0. The Kier molecular flexibility index (Phi) is 3.66. The highest BCUT2D eigenvalue weighted by Gasteiger charge is 2.11. The molecule has 1 heterocycles. The van der Waals surface area contributed by atoms with Crippen LogP contribution in [-0.4, -0.2) is 16.5 Å². The van der Waals surface area contributed by atoms with Crippen LogP contribution in [0.15, 0.2) is 33.5 Å². The fourth-order valence-corrected chi connectivity index (χ4v) is 1.78. The summed E-state index contributed by atoms with van der Waals surface area (Å²) in [7, 11) is 0. The van der Waals surface area contributed by atoms with E-state index < -0.39 is 11.8 Å². The highest BCUT2D eigenvalue weighted by Crippen LogP contribution is 2.11. The first kappa shape index (κ1) is 12.9. The van der Waals surface area contributed by atoms with Crippen molar-refractivity contribution in [1.82, 2.24) is 9.88 Å². The number of rotatable bonds is 4. The van der Waals surface area contributed by atoms with Crippen LogP contribution in [0.2, 0.25) is 0 Å². The van der Waals surface area contributed by atoms with Crippen LogP contribution in [0.5, 0.6) is 0 Å². The average Bonchev–Trinajstić information content (AvgIpc) is 2.71. The number of carbonyl (C=O) groups is 1. The summed E-state index contributed by atoms with van der Waals surface area (Å²) in [5, 5.41) is 11.1. The summed E-state index contributed by atoms with van der Waals surface area (Å²) < 4.78 is 6.47. The predicted molar refractivity (Wildman–Crippen MR) is 68.3 cm³/mol. The number of oxazole rings is 1. The van der Waals surface area contributed by atoms with Crippen LogP contribution in [0, 0.1) is 11.3 Å². The van der Waals surface area contributed by atoms with E-state index in [1.54, 1.807) is 31.2 Å². The fourth-order valence-electron chi connectivity index (χ4n) is 1.78. The molecule has 0 saturated carbocycles. The molecule has 19 heavy (non-hydrogen) atoms. The van der Waals surface area contributed by atoms with Crippen LogP contribution in [0.25, 0.3) is 11.1 Å². The SMILES string of the molecule is C[C@@H](C#N)NC(=O)CCn1c(=O)oc2ccccc21. The minimum Gasteiger partial charge on any atom is -0.408 e. The molecule has 1 aromatic heterocycles. The molecule has 1 aromatic carbocycles. The van der Waals surface area contributed by atoms with Crippen LogP contribution < -0.4 is 11.1 Å². The van der Waals surface area contributed by atoms with Crippen molar-refractivity contribution in [1.29, 1.82) is 5.26 Å². The van der Waals surface area contributed by atoms with Crippen molar-refractivity contribution >= 4 is 17.0 Å². The van der Waals surface area contributed by atoms with Gasteiger partial charge in [-0.15, -0.1) is 0 Å². The smallest absolute Gasteiger partial charge is 0.408 e. The monoisotopic (exact) mass is 259 g/mol. The maximum Gasteiger partial charge on any atom is 0.419 e. The van der Waals surface area contributed by atoms with Gasteiger partial charge in [0.2, 0.25) is 5.91 Å². The lowest BCUT2D eigenvalue weighted by Gasteiger charge is -2.06. The van der Waals surface area contributed by atoms with Crippen LogP contribution in [0.4, 0.5) is 0 Å². The van der Waals surface area contributed by atoms with Gasteiger partial charge in [0, 0.05) is 13.0 Å². The lowest BCUT2D eigenvalue weighted by atomic mass is 10.3. The molecule has 1 amide bonds. The Balaban J connectivity index is 2.10. The van der Waals surface area contributed by atoms with Crippen molar-refractivity contribution in [2.45, 2.75) is 25.9 Å². The third-order valence-corrected chi connectivity index (χ3v) is 2.71. The second-order valence-electron chi connectivity index (χ2n) is 4.16. The van der Waals surface area contributed by atoms with Crippen LogP contribution in [-0.2, 0) is 11.3 Å². The largest absolute Gasteiger partial charge is 0.419 e. The first-order valence-corrected chi connectivity index (χ1v) is 5.89. The zero-order valence-electron chi connectivity index (χ0n) is 10.4. The Bertz CT molecular complexity index is 693. The molecule has 2 aromatic rings. The van der Waals surface area contributed by atoms with E-state index in [0.717, 1.165) is 0 Å². The number of benzene rings is 1. The van der Waals surface area contributed by atoms with Gasteiger partial charge < -0.3 is 9.73 Å². The lowest BCUT2D eigenvalue weighted by molar-refractivity contribution is -0.121. The van der Waals surface area contributed by atoms with Gasteiger partial charge in [-0.05, 0) is 19.1 Å². The molecule has 6 nitrogen and oxygen atoms in total. The van der Waals surface area contributed by atoms with E-state index in [9.17, 15) is 9.59 Å². The maximum atomic E-state index is 11.6. The summed E-state index contributed by atoms with van der Waals surface area (Å²) in [6.45, 7) is 1.82. The van der Waals surface area contributed by atoms with E-state index in [-0.39, 0.29) is 18.9 Å². The van der Waals surface area contributed by atoms with Gasteiger partial charge in [0.1, 0.15) is 6.04 Å². The van der Waals surface area contributed by atoms with Gasteiger partial charge in [0.05, 0.1) is 11.6 Å². The van der Waals surface area contributed by atoms with Gasteiger partial charge in [-0.2, -0.15) is 5.26 Å². The molecule has 0 aliphatic carbocycles. The summed E-state index contributed by atoms with van der Waals surface area (Å²) in [6, 6.07) is 8.41. The Morgan fingerprint density at radius 2 is 2.26 bits per heavy atom. The molecule has 0 aliphatic heterocycles. The average molecular weight is 259 g/mol. The van der Waals surface area contributed by atoms with E-state index in [2.05, 4.69) is 5.32 Å². The third-order valence-electron chi connectivity index (χ3n) is 2.71. The summed E-state index contributed by atoms with van der Waals surface area (Å²) in [5.41, 5.74) is 1.16. The molecule has 0 aliphatic rings. The zero-order valence-corrected chi connectivity index (χ0v) is 10.4. The standard InChI is InChI=1S/C13H13N3O3/c1-9(8-14)15-12(17)6-7-16-10-4-2-3-5-11(10)19-13(16)18/h2-5,9H,6-7H2,1H3,(H,15,17)/t9-/m0/s1. The van der Waals surface area contributed by atoms with Crippen molar-refractivity contribution in [3.8, 4) is 6.07 Å². The molecule has 98 valence electrons. The number of carbonyl (C=O) groups excluding carboxylic acids is 1. The maximum absolute atomic E-state index is 11.6. The molecule has 0 radical (unpaired) electrons. The summed E-state index contributed by atoms with van der Waals surface area (Å²) in [6.07, 6.45) is 0.120. The second kappa shape index (κ2) is 5.40. The van der Waals surface area contributed by atoms with E-state index in [0.29, 0.717) is 11.1 Å². The van der Waals surface area contributed by atoms with E-state index in [1.807, 2.05) is 6.07 Å². The molecule has 1 atom stereocenters. The van der Waals surface area contributed by atoms with Crippen LogP contribution >= 0.6 is 0 Å². The number of nitriles is 1. The molecular formula is C13H13N3O3. The van der Waals surface area contributed by atoms with Gasteiger partial charge in [0.15, 0.2) is 5.58 Å². The van der Waals surface area contributed by atoms with Gasteiger partial charge in [-0.25, -0.2) is 4.79 Å². The first-order valence-electron chi connectivity index (χ1n) is 5.89. The number of hydrogen-bond acceptors (Lipinski definition) is 4. The number of amides is 1. The van der Waals surface area contributed by atoms with E-state index in [4.69, 9.17) is 9.68 Å². The number of aryl methyl sites for hydroxylation is 1. The highest BCUT2D eigenvalue weighted by molar-refractivity contribution is 5.77. The quantitative estimate of drug-likeness (QED) is 0.887. The van der Waals surface area contributed by atoms with Gasteiger partial charge in [-0.3, -0.25) is 9.36 Å². The number of nitrogens with zero attached hydrogens (tertiary/aromatic N) is 2. The Hall–Kier alpha value is -2.55. The Morgan fingerprint density at radius 3 is 3.00 bits per heavy atom. The zero-order chi connectivity index (χ0) is 13.8. The van der Waals surface area contributed by atoms with Gasteiger partial charge >= 0.3 is 5.76 Å².